The van der Waals surface area contributed by atoms with Crippen LogP contribution in [0.4, 0.5) is 4.79 Å². The molecule has 3 rings (SSSR count). The molecular formula is C25H30N2O6. The molecule has 8 nitrogen and oxygen atoms in total. The third kappa shape index (κ3) is 5.90. The Morgan fingerprint density at radius 3 is 2.09 bits per heavy atom. The van der Waals surface area contributed by atoms with Gasteiger partial charge in [0.15, 0.2) is 0 Å². The molecule has 0 spiro atoms. The molecule has 33 heavy (non-hydrogen) atoms. The van der Waals surface area contributed by atoms with Crippen molar-refractivity contribution in [3.63, 3.8) is 0 Å². The summed E-state index contributed by atoms with van der Waals surface area (Å²) in [6.45, 7) is 4.65. The van der Waals surface area contributed by atoms with Gasteiger partial charge in [-0.25, -0.2) is 4.79 Å². The third-order valence-corrected chi connectivity index (χ3v) is 5.64. The van der Waals surface area contributed by atoms with E-state index in [1.165, 1.54) is 4.90 Å². The number of benzene rings is 2. The second-order valence-corrected chi connectivity index (χ2v) is 9.11. The van der Waals surface area contributed by atoms with Gasteiger partial charge in [0.1, 0.15) is 13.2 Å². The molecule has 1 aliphatic carbocycles. The van der Waals surface area contributed by atoms with Gasteiger partial charge in [-0.1, -0.05) is 48.5 Å². The highest BCUT2D eigenvalue weighted by atomic mass is 16.5. The summed E-state index contributed by atoms with van der Waals surface area (Å²) >= 11 is 0. The summed E-state index contributed by atoms with van der Waals surface area (Å²) in [6, 6.07) is 16.0. The maximum Gasteiger partial charge on any atom is 0.407 e. The lowest BCUT2D eigenvalue weighted by Crippen LogP contribution is -2.49. The zero-order valence-electron chi connectivity index (χ0n) is 19.1. The first kappa shape index (κ1) is 24.3. The summed E-state index contributed by atoms with van der Waals surface area (Å²) in [6.07, 6.45) is -2.17. The number of nitrogens with zero attached hydrogens (tertiary/aromatic N) is 1. The summed E-state index contributed by atoms with van der Waals surface area (Å²) in [4.78, 5) is 37.0. The van der Waals surface area contributed by atoms with Gasteiger partial charge in [0.2, 0.25) is 5.91 Å². The van der Waals surface area contributed by atoms with E-state index < -0.39 is 36.2 Å². The molecule has 2 aromatic rings. The van der Waals surface area contributed by atoms with E-state index in [1.807, 2.05) is 48.5 Å². The average molecular weight is 455 g/mol. The molecule has 176 valence electrons. The predicted octanol–water partition coefficient (Wildman–Crippen LogP) is 2.99. The highest BCUT2D eigenvalue weighted by Crippen LogP contribution is 2.44. The Hall–Kier alpha value is -3.39. The van der Waals surface area contributed by atoms with E-state index in [-0.39, 0.29) is 25.5 Å². The number of aliphatic hydroxyl groups excluding tert-OH is 1. The summed E-state index contributed by atoms with van der Waals surface area (Å²) in [5, 5.41) is 21.7. The van der Waals surface area contributed by atoms with Gasteiger partial charge >= 0.3 is 12.1 Å². The summed E-state index contributed by atoms with van der Waals surface area (Å²) in [5.41, 5.74) is 3.73. The number of carboxylic acids is 1. The Morgan fingerprint density at radius 1 is 1.03 bits per heavy atom. The van der Waals surface area contributed by atoms with Crippen molar-refractivity contribution >= 4 is 18.0 Å². The minimum atomic E-state index is -1.17. The molecule has 3 N–H and O–H groups in total. The van der Waals surface area contributed by atoms with Gasteiger partial charge in [0.25, 0.3) is 0 Å². The Kier molecular flexibility index (Phi) is 7.38. The van der Waals surface area contributed by atoms with Crippen LogP contribution in [0.5, 0.6) is 0 Å². The predicted molar refractivity (Wildman–Crippen MR) is 123 cm³/mol. The molecule has 0 bridgehead atoms. The maximum atomic E-state index is 12.5. The number of ether oxygens (including phenoxy) is 1. The average Bonchev–Trinajstić information content (AvgIpc) is 3.07. The van der Waals surface area contributed by atoms with Crippen LogP contribution in [0.15, 0.2) is 48.5 Å². The molecule has 0 aromatic heterocycles. The number of carbonyl (C=O) groups excluding carboxylic acids is 2. The van der Waals surface area contributed by atoms with Crippen molar-refractivity contribution in [2.45, 2.75) is 44.8 Å². The molecule has 0 radical (unpaired) electrons. The van der Waals surface area contributed by atoms with Gasteiger partial charge in [-0.15, -0.1) is 0 Å². The van der Waals surface area contributed by atoms with E-state index in [2.05, 4.69) is 5.32 Å². The zero-order chi connectivity index (χ0) is 24.2. The molecular weight excluding hydrogens is 424 g/mol. The number of hydrogen-bond acceptors (Lipinski definition) is 5. The number of carbonyl (C=O) groups is 3. The van der Waals surface area contributed by atoms with Crippen LogP contribution in [0.2, 0.25) is 0 Å². The lowest BCUT2D eigenvalue weighted by atomic mass is 9.98. The highest BCUT2D eigenvalue weighted by Gasteiger charge is 2.31. The van der Waals surface area contributed by atoms with Crippen LogP contribution >= 0.6 is 0 Å². The topological polar surface area (TPSA) is 116 Å². The fourth-order valence-corrected chi connectivity index (χ4v) is 4.07. The largest absolute Gasteiger partial charge is 0.480 e. The van der Waals surface area contributed by atoms with Gasteiger partial charge in [-0.05, 0) is 43.0 Å². The zero-order valence-corrected chi connectivity index (χ0v) is 19.1. The lowest BCUT2D eigenvalue weighted by Gasteiger charge is -2.35. The van der Waals surface area contributed by atoms with Crippen molar-refractivity contribution in [2.24, 2.45) is 0 Å². The quantitative estimate of drug-likeness (QED) is 0.565. The molecule has 0 aliphatic heterocycles. The van der Waals surface area contributed by atoms with Crippen LogP contribution in [-0.2, 0) is 14.3 Å². The van der Waals surface area contributed by atoms with E-state index in [9.17, 15) is 19.5 Å². The molecule has 0 fully saturated rings. The SMILES string of the molecule is CC(C)(C)N(CC(=O)O)C(=O)CC(O)CNC(=O)OCC1c2ccccc2-c2ccccc21. The number of carboxylic acid groups (broad SMARTS) is 1. The number of nitrogens with one attached hydrogen (secondary N) is 1. The van der Waals surface area contributed by atoms with Crippen LogP contribution in [0.3, 0.4) is 0 Å². The molecule has 0 heterocycles. The van der Waals surface area contributed by atoms with Crippen molar-refractivity contribution in [3.05, 3.63) is 59.7 Å². The van der Waals surface area contributed by atoms with Crippen molar-refractivity contribution in [1.82, 2.24) is 10.2 Å². The maximum absolute atomic E-state index is 12.5. The van der Waals surface area contributed by atoms with Gasteiger partial charge in [-0.2, -0.15) is 0 Å². The molecule has 0 saturated heterocycles. The van der Waals surface area contributed by atoms with Crippen LogP contribution in [0.25, 0.3) is 11.1 Å². The van der Waals surface area contributed by atoms with Crippen molar-refractivity contribution in [2.75, 3.05) is 19.7 Å². The van der Waals surface area contributed by atoms with E-state index in [1.54, 1.807) is 20.8 Å². The molecule has 1 atom stereocenters. The Morgan fingerprint density at radius 2 is 1.58 bits per heavy atom. The standard InChI is InChI=1S/C25H30N2O6/c1-25(2,3)27(14-23(30)31)22(29)12-16(28)13-26-24(32)33-15-21-19-10-6-4-8-17(19)18-9-5-7-11-20(18)21/h4-11,16,21,28H,12-15H2,1-3H3,(H,26,32)(H,30,31). The Bertz CT molecular complexity index is 984. The minimum Gasteiger partial charge on any atom is -0.480 e. The Balaban J connectivity index is 1.52. The number of amides is 2. The third-order valence-electron chi connectivity index (χ3n) is 5.64. The highest BCUT2D eigenvalue weighted by molar-refractivity contribution is 5.82. The monoisotopic (exact) mass is 454 g/mol. The van der Waals surface area contributed by atoms with Gasteiger partial charge in [-0.3, -0.25) is 9.59 Å². The number of alkyl carbamates (subject to hydrolysis) is 1. The van der Waals surface area contributed by atoms with Crippen molar-refractivity contribution < 1.29 is 29.3 Å². The van der Waals surface area contributed by atoms with Gasteiger partial charge in [0, 0.05) is 18.0 Å². The normalized spacial score (nSPS) is 13.6. The van der Waals surface area contributed by atoms with Crippen LogP contribution in [0.1, 0.15) is 44.2 Å². The molecule has 8 heteroatoms. The van der Waals surface area contributed by atoms with Gasteiger partial charge in [0.05, 0.1) is 12.5 Å². The second-order valence-electron chi connectivity index (χ2n) is 9.11. The summed E-state index contributed by atoms with van der Waals surface area (Å²) < 4.78 is 5.42. The van der Waals surface area contributed by atoms with Gasteiger partial charge < -0.3 is 25.2 Å². The lowest BCUT2D eigenvalue weighted by molar-refractivity contribution is -0.149. The smallest absolute Gasteiger partial charge is 0.407 e. The number of aliphatic carboxylic acids is 1. The van der Waals surface area contributed by atoms with E-state index in [0.717, 1.165) is 22.3 Å². The van der Waals surface area contributed by atoms with E-state index in [4.69, 9.17) is 9.84 Å². The number of fused-ring (bicyclic) bond motifs is 3. The van der Waals surface area contributed by atoms with Crippen molar-refractivity contribution in [3.8, 4) is 11.1 Å². The molecule has 1 unspecified atom stereocenters. The molecule has 2 amide bonds. The first-order chi connectivity index (χ1) is 15.6. The first-order valence-corrected chi connectivity index (χ1v) is 10.9. The van der Waals surface area contributed by atoms with Crippen LogP contribution in [-0.4, -0.2) is 64.4 Å². The summed E-state index contributed by atoms with van der Waals surface area (Å²) in [7, 11) is 0. The molecule has 1 aliphatic rings. The van der Waals surface area contributed by atoms with E-state index in [0.29, 0.717) is 0 Å². The number of hydrogen-bond donors (Lipinski definition) is 3. The molecule has 2 aromatic carbocycles. The number of rotatable bonds is 8. The van der Waals surface area contributed by atoms with Crippen molar-refractivity contribution in [1.29, 1.82) is 0 Å². The van der Waals surface area contributed by atoms with E-state index >= 15 is 0 Å². The van der Waals surface area contributed by atoms with Crippen LogP contribution in [0, 0.1) is 0 Å². The first-order valence-electron chi connectivity index (χ1n) is 10.9. The second kappa shape index (κ2) is 10.0. The van der Waals surface area contributed by atoms with Crippen LogP contribution < -0.4 is 5.32 Å². The fourth-order valence-electron chi connectivity index (χ4n) is 4.07. The molecule has 0 saturated carbocycles. The minimum absolute atomic E-state index is 0.0778. The Labute approximate surface area is 193 Å². The fraction of sp³-hybridized carbons (Fsp3) is 0.400. The number of aliphatic hydroxyl groups is 1. The summed E-state index contributed by atoms with van der Waals surface area (Å²) in [5.74, 6) is -1.72.